The first-order valence-electron chi connectivity index (χ1n) is 10.3. The van der Waals surface area contributed by atoms with E-state index in [-0.39, 0.29) is 16.4 Å². The Kier molecular flexibility index (Phi) is 7.62. The number of aliphatic carboxylic acids is 1. The molecule has 1 fully saturated rings. The first-order chi connectivity index (χ1) is 16.1. The maximum atomic E-state index is 12.8. The van der Waals surface area contributed by atoms with Gasteiger partial charge in [0.2, 0.25) is 5.91 Å². The van der Waals surface area contributed by atoms with E-state index >= 15 is 0 Å². The van der Waals surface area contributed by atoms with E-state index in [0.29, 0.717) is 11.3 Å². The lowest BCUT2D eigenvalue weighted by atomic mass is 10.1. The van der Waals surface area contributed by atoms with Crippen LogP contribution in [-0.4, -0.2) is 52.8 Å². The number of benzene rings is 2. The van der Waals surface area contributed by atoms with Gasteiger partial charge in [0.25, 0.3) is 11.1 Å². The Labute approximate surface area is 200 Å². The second kappa shape index (κ2) is 10.4. The largest absolute Gasteiger partial charge is 0.493 e. The minimum atomic E-state index is -1.12. The summed E-state index contributed by atoms with van der Waals surface area (Å²) >= 11 is 0.731. The van der Waals surface area contributed by atoms with Crippen molar-refractivity contribution in [1.29, 1.82) is 0 Å². The SMILES string of the molecule is COc1cc(/C=C2/SC(=O)N(CC(=O)Nc3cc(C)ccc3C)C2=O)ccc1OC(C)C(=O)O. The van der Waals surface area contributed by atoms with Crippen LogP contribution in [0.4, 0.5) is 10.5 Å². The molecule has 1 unspecified atom stereocenters. The molecule has 34 heavy (non-hydrogen) atoms. The van der Waals surface area contributed by atoms with Crippen LogP contribution in [0.5, 0.6) is 11.5 Å². The monoisotopic (exact) mass is 484 g/mol. The number of nitrogens with zero attached hydrogens (tertiary/aromatic N) is 1. The number of carboxylic acid groups (broad SMARTS) is 1. The zero-order valence-corrected chi connectivity index (χ0v) is 19.9. The summed E-state index contributed by atoms with van der Waals surface area (Å²) in [7, 11) is 1.40. The number of hydrogen-bond donors (Lipinski definition) is 2. The number of carbonyl (C=O) groups excluding carboxylic acids is 3. The number of amides is 3. The van der Waals surface area contributed by atoms with E-state index in [1.54, 1.807) is 12.1 Å². The number of nitrogens with one attached hydrogen (secondary N) is 1. The second-order valence-corrected chi connectivity index (χ2v) is 8.64. The fourth-order valence-electron chi connectivity index (χ4n) is 3.10. The van der Waals surface area contributed by atoms with Gasteiger partial charge in [0.15, 0.2) is 17.6 Å². The standard InChI is InChI=1S/C24H24N2O7S/c1-13-5-6-14(2)17(9-13)25-21(27)12-26-22(28)20(34-24(26)31)11-16-7-8-18(19(10-16)32-4)33-15(3)23(29)30/h5-11,15H,12H2,1-4H3,(H,25,27)(H,29,30)/b20-11+. The molecular formula is C24H24N2O7S. The van der Waals surface area contributed by atoms with Gasteiger partial charge in [0.1, 0.15) is 6.54 Å². The number of hydrogen-bond acceptors (Lipinski definition) is 7. The number of thioether (sulfide) groups is 1. The quantitative estimate of drug-likeness (QED) is 0.542. The number of methoxy groups -OCH3 is 1. The van der Waals surface area contributed by atoms with Crippen molar-refractivity contribution in [3.63, 3.8) is 0 Å². The van der Waals surface area contributed by atoms with Crippen molar-refractivity contribution in [2.24, 2.45) is 0 Å². The molecule has 0 bridgehead atoms. The molecule has 9 nitrogen and oxygen atoms in total. The van der Waals surface area contributed by atoms with Crippen molar-refractivity contribution in [2.75, 3.05) is 19.0 Å². The molecule has 1 saturated heterocycles. The maximum absolute atomic E-state index is 12.8. The van der Waals surface area contributed by atoms with E-state index in [1.807, 2.05) is 32.0 Å². The van der Waals surface area contributed by atoms with Crippen LogP contribution >= 0.6 is 11.8 Å². The minimum Gasteiger partial charge on any atom is -0.493 e. The summed E-state index contributed by atoms with van der Waals surface area (Å²) in [6, 6.07) is 10.3. The van der Waals surface area contributed by atoms with E-state index in [2.05, 4.69) is 5.32 Å². The van der Waals surface area contributed by atoms with E-state index in [4.69, 9.17) is 14.6 Å². The molecule has 3 amide bonds. The number of ether oxygens (including phenoxy) is 2. The van der Waals surface area contributed by atoms with Crippen molar-refractivity contribution in [3.8, 4) is 11.5 Å². The van der Waals surface area contributed by atoms with Crippen LogP contribution in [-0.2, 0) is 14.4 Å². The van der Waals surface area contributed by atoms with Gasteiger partial charge >= 0.3 is 5.97 Å². The zero-order chi connectivity index (χ0) is 25.0. The molecule has 1 heterocycles. The van der Waals surface area contributed by atoms with Crippen LogP contribution in [0.25, 0.3) is 6.08 Å². The highest BCUT2D eigenvalue weighted by molar-refractivity contribution is 8.18. The highest BCUT2D eigenvalue weighted by Gasteiger charge is 2.36. The molecule has 0 saturated carbocycles. The van der Waals surface area contributed by atoms with Crippen molar-refractivity contribution in [3.05, 3.63) is 58.0 Å². The van der Waals surface area contributed by atoms with Crippen LogP contribution in [0, 0.1) is 13.8 Å². The molecule has 0 aromatic heterocycles. The Morgan fingerprint density at radius 3 is 2.56 bits per heavy atom. The molecule has 2 N–H and O–H groups in total. The lowest BCUT2D eigenvalue weighted by molar-refractivity contribution is -0.144. The third kappa shape index (κ3) is 5.76. The molecule has 178 valence electrons. The number of imide groups is 1. The second-order valence-electron chi connectivity index (χ2n) is 7.64. The van der Waals surface area contributed by atoms with Gasteiger partial charge in [-0.25, -0.2) is 4.79 Å². The van der Waals surface area contributed by atoms with Gasteiger partial charge in [0.05, 0.1) is 12.0 Å². The Morgan fingerprint density at radius 1 is 1.15 bits per heavy atom. The summed E-state index contributed by atoms with van der Waals surface area (Å²) in [5.41, 5.74) is 3.00. The summed E-state index contributed by atoms with van der Waals surface area (Å²) in [6.45, 7) is 4.74. The Hall–Kier alpha value is -3.79. The third-order valence-corrected chi connectivity index (χ3v) is 5.89. The zero-order valence-electron chi connectivity index (χ0n) is 19.1. The van der Waals surface area contributed by atoms with E-state index in [1.165, 1.54) is 26.2 Å². The lowest BCUT2D eigenvalue weighted by Gasteiger charge is -2.14. The average molecular weight is 485 g/mol. The van der Waals surface area contributed by atoms with Crippen molar-refractivity contribution < 1.29 is 33.8 Å². The highest BCUT2D eigenvalue weighted by Crippen LogP contribution is 2.35. The number of carboxylic acids is 1. The number of aryl methyl sites for hydroxylation is 2. The van der Waals surface area contributed by atoms with Gasteiger partial charge in [0, 0.05) is 5.69 Å². The Balaban J connectivity index is 1.73. The summed E-state index contributed by atoms with van der Waals surface area (Å²) < 4.78 is 10.6. The maximum Gasteiger partial charge on any atom is 0.344 e. The first-order valence-corrected chi connectivity index (χ1v) is 11.1. The van der Waals surface area contributed by atoms with Gasteiger partial charge in [-0.2, -0.15) is 0 Å². The fourth-order valence-corrected chi connectivity index (χ4v) is 3.94. The Bertz CT molecular complexity index is 1190. The molecule has 1 atom stereocenters. The normalized spacial score (nSPS) is 15.4. The molecule has 3 rings (SSSR count). The van der Waals surface area contributed by atoms with Crippen molar-refractivity contribution in [2.45, 2.75) is 26.9 Å². The molecule has 2 aromatic carbocycles. The summed E-state index contributed by atoms with van der Waals surface area (Å²) in [6.07, 6.45) is 0.423. The van der Waals surface area contributed by atoms with E-state index in [0.717, 1.165) is 27.8 Å². The van der Waals surface area contributed by atoms with Crippen LogP contribution in [0.2, 0.25) is 0 Å². The van der Waals surface area contributed by atoms with Crippen molar-refractivity contribution in [1.82, 2.24) is 4.90 Å². The number of anilines is 1. The third-order valence-electron chi connectivity index (χ3n) is 4.98. The minimum absolute atomic E-state index is 0.152. The Morgan fingerprint density at radius 2 is 1.88 bits per heavy atom. The molecule has 2 aromatic rings. The molecular weight excluding hydrogens is 460 g/mol. The summed E-state index contributed by atoms with van der Waals surface area (Å²) in [4.78, 5) is 49.7. The average Bonchev–Trinajstić information content (AvgIpc) is 3.04. The van der Waals surface area contributed by atoms with Crippen LogP contribution < -0.4 is 14.8 Å². The van der Waals surface area contributed by atoms with Gasteiger partial charge in [-0.05, 0) is 73.5 Å². The van der Waals surface area contributed by atoms with E-state index < -0.39 is 35.7 Å². The van der Waals surface area contributed by atoms with Gasteiger partial charge in [-0.1, -0.05) is 18.2 Å². The molecule has 10 heteroatoms. The molecule has 1 aliphatic rings. The number of rotatable bonds is 8. The van der Waals surface area contributed by atoms with Crippen LogP contribution in [0.3, 0.4) is 0 Å². The molecule has 0 aliphatic carbocycles. The smallest absolute Gasteiger partial charge is 0.344 e. The summed E-state index contributed by atoms with van der Waals surface area (Å²) in [5, 5.41) is 11.2. The molecule has 0 radical (unpaired) electrons. The number of carbonyl (C=O) groups is 4. The van der Waals surface area contributed by atoms with Gasteiger partial charge in [-0.15, -0.1) is 0 Å². The highest BCUT2D eigenvalue weighted by atomic mass is 32.2. The predicted octanol–water partition coefficient (Wildman–Crippen LogP) is 3.84. The van der Waals surface area contributed by atoms with Gasteiger partial charge in [-0.3, -0.25) is 19.3 Å². The van der Waals surface area contributed by atoms with Crippen LogP contribution in [0.1, 0.15) is 23.6 Å². The van der Waals surface area contributed by atoms with Gasteiger partial charge < -0.3 is 19.9 Å². The van der Waals surface area contributed by atoms with Crippen LogP contribution in [0.15, 0.2) is 41.3 Å². The molecule has 0 spiro atoms. The topological polar surface area (TPSA) is 122 Å². The lowest BCUT2D eigenvalue weighted by Crippen LogP contribution is -2.36. The predicted molar refractivity (Wildman–Crippen MR) is 128 cm³/mol. The fraction of sp³-hybridized carbons (Fsp3) is 0.250. The van der Waals surface area contributed by atoms with E-state index in [9.17, 15) is 19.2 Å². The molecule has 1 aliphatic heterocycles. The van der Waals surface area contributed by atoms with Crippen molar-refractivity contribution >= 4 is 46.5 Å². The summed E-state index contributed by atoms with van der Waals surface area (Å²) in [5.74, 6) is -1.68. The first kappa shape index (κ1) is 24.8.